The number of carbonyl (C=O) groups excluding carboxylic acids is 1. The van der Waals surface area contributed by atoms with Crippen LogP contribution in [0.3, 0.4) is 0 Å². The number of thiophene rings is 1. The first kappa shape index (κ1) is 18.1. The molecule has 2 aromatic heterocycles. The molecule has 3 nitrogen and oxygen atoms in total. The highest BCUT2D eigenvalue weighted by atomic mass is 32.1. The van der Waals surface area contributed by atoms with Gasteiger partial charge < -0.3 is 5.32 Å². The molecule has 2 aromatic carbocycles. The number of nitrogens with zero attached hydrogens (tertiary/aromatic N) is 1. The summed E-state index contributed by atoms with van der Waals surface area (Å²) in [5, 5.41) is 5.04. The maximum absolute atomic E-state index is 12.6. The molecule has 0 aliphatic carbocycles. The van der Waals surface area contributed by atoms with Gasteiger partial charge in [0.2, 0.25) is 0 Å². The van der Waals surface area contributed by atoms with Gasteiger partial charge in [-0.3, -0.25) is 9.78 Å². The Kier molecular flexibility index (Phi) is 5.31. The van der Waals surface area contributed by atoms with Crippen LogP contribution in [0.15, 0.2) is 84.4 Å². The number of carbonyl (C=O) groups is 1. The lowest BCUT2D eigenvalue weighted by atomic mass is 10.0. The number of hydrogen-bond acceptors (Lipinski definition) is 3. The number of benzene rings is 2. The van der Waals surface area contributed by atoms with Crippen molar-refractivity contribution in [3.63, 3.8) is 0 Å². The third-order valence-corrected chi connectivity index (χ3v) is 5.49. The van der Waals surface area contributed by atoms with Crippen LogP contribution in [0.5, 0.6) is 0 Å². The number of pyridine rings is 1. The first-order valence-corrected chi connectivity index (χ1v) is 10.0. The van der Waals surface area contributed by atoms with E-state index in [2.05, 4.69) is 41.5 Å². The van der Waals surface area contributed by atoms with Crippen LogP contribution < -0.4 is 5.32 Å². The van der Waals surface area contributed by atoms with Gasteiger partial charge in [-0.25, -0.2) is 0 Å². The minimum atomic E-state index is -0.0866. The maximum Gasteiger partial charge on any atom is 0.251 e. The highest BCUT2D eigenvalue weighted by Gasteiger charge is 2.10. The lowest BCUT2D eigenvalue weighted by Gasteiger charge is -2.09. The van der Waals surface area contributed by atoms with E-state index in [9.17, 15) is 4.79 Å². The van der Waals surface area contributed by atoms with E-state index in [0.717, 1.165) is 27.3 Å². The SMILES string of the molecule is Cc1ccc(-c2ccc(C(=O)NCc3cccnc3-c3cccs3)cc2)cc1. The van der Waals surface area contributed by atoms with E-state index >= 15 is 0 Å². The molecule has 1 amide bonds. The third kappa shape index (κ3) is 4.02. The first-order chi connectivity index (χ1) is 13.7. The molecular formula is C24H20N2OS. The van der Waals surface area contributed by atoms with Crippen LogP contribution in [0.4, 0.5) is 0 Å². The predicted molar refractivity (Wildman–Crippen MR) is 115 cm³/mol. The monoisotopic (exact) mass is 384 g/mol. The van der Waals surface area contributed by atoms with Gasteiger partial charge >= 0.3 is 0 Å². The lowest BCUT2D eigenvalue weighted by molar-refractivity contribution is 0.0951. The van der Waals surface area contributed by atoms with E-state index in [-0.39, 0.29) is 5.91 Å². The van der Waals surface area contributed by atoms with Crippen LogP contribution in [0, 0.1) is 6.92 Å². The summed E-state index contributed by atoms with van der Waals surface area (Å²) in [6.07, 6.45) is 1.78. The molecule has 138 valence electrons. The fraction of sp³-hybridized carbons (Fsp3) is 0.0833. The Morgan fingerprint density at radius 2 is 1.64 bits per heavy atom. The van der Waals surface area contributed by atoms with Gasteiger partial charge in [0.25, 0.3) is 5.91 Å². The molecule has 0 saturated heterocycles. The molecule has 0 spiro atoms. The second-order valence-corrected chi connectivity index (χ2v) is 7.56. The second-order valence-electron chi connectivity index (χ2n) is 6.61. The Morgan fingerprint density at radius 3 is 2.32 bits per heavy atom. The van der Waals surface area contributed by atoms with E-state index < -0.39 is 0 Å². The van der Waals surface area contributed by atoms with Crippen LogP contribution in [0.2, 0.25) is 0 Å². The van der Waals surface area contributed by atoms with Gasteiger partial charge in [-0.05, 0) is 53.3 Å². The Balaban J connectivity index is 1.46. The summed E-state index contributed by atoms with van der Waals surface area (Å²) < 4.78 is 0. The molecule has 28 heavy (non-hydrogen) atoms. The quantitative estimate of drug-likeness (QED) is 0.478. The molecule has 0 radical (unpaired) electrons. The van der Waals surface area contributed by atoms with E-state index in [0.29, 0.717) is 12.1 Å². The van der Waals surface area contributed by atoms with Crippen molar-refractivity contribution in [2.75, 3.05) is 0 Å². The van der Waals surface area contributed by atoms with Gasteiger partial charge in [-0.15, -0.1) is 11.3 Å². The standard InChI is InChI=1S/C24H20N2OS/c1-17-6-8-18(9-7-17)19-10-12-20(13-11-19)24(27)26-16-21-4-2-14-25-23(21)22-5-3-15-28-22/h2-15H,16H2,1H3,(H,26,27). The topological polar surface area (TPSA) is 42.0 Å². The van der Waals surface area contributed by atoms with Gasteiger partial charge in [0.05, 0.1) is 10.6 Å². The number of aromatic nitrogens is 1. The summed E-state index contributed by atoms with van der Waals surface area (Å²) in [5.74, 6) is -0.0866. The molecule has 0 fully saturated rings. The highest BCUT2D eigenvalue weighted by Crippen LogP contribution is 2.26. The van der Waals surface area contributed by atoms with Crippen LogP contribution >= 0.6 is 11.3 Å². The minimum absolute atomic E-state index is 0.0866. The van der Waals surface area contributed by atoms with Gasteiger partial charge in [0.1, 0.15) is 0 Å². The minimum Gasteiger partial charge on any atom is -0.348 e. The van der Waals surface area contributed by atoms with Crippen molar-refractivity contribution in [1.29, 1.82) is 0 Å². The van der Waals surface area contributed by atoms with Gasteiger partial charge in [0, 0.05) is 18.3 Å². The lowest BCUT2D eigenvalue weighted by Crippen LogP contribution is -2.23. The molecule has 4 heteroatoms. The normalized spacial score (nSPS) is 10.6. The molecule has 0 aliphatic heterocycles. The Labute approximate surface area is 168 Å². The van der Waals surface area contributed by atoms with Crippen molar-refractivity contribution < 1.29 is 4.79 Å². The van der Waals surface area contributed by atoms with Crippen molar-refractivity contribution in [2.45, 2.75) is 13.5 Å². The molecule has 0 bridgehead atoms. The van der Waals surface area contributed by atoms with Gasteiger partial charge in [0.15, 0.2) is 0 Å². The summed E-state index contributed by atoms with van der Waals surface area (Å²) in [5.41, 5.74) is 6.06. The van der Waals surface area contributed by atoms with Crippen molar-refractivity contribution in [2.24, 2.45) is 0 Å². The van der Waals surface area contributed by atoms with Crippen molar-refractivity contribution >= 4 is 17.2 Å². The van der Waals surface area contributed by atoms with E-state index in [1.54, 1.807) is 17.5 Å². The summed E-state index contributed by atoms with van der Waals surface area (Å²) in [7, 11) is 0. The Morgan fingerprint density at radius 1 is 0.929 bits per heavy atom. The van der Waals surface area contributed by atoms with Crippen LogP contribution in [-0.2, 0) is 6.54 Å². The van der Waals surface area contributed by atoms with Crippen molar-refractivity contribution in [3.8, 4) is 21.7 Å². The smallest absolute Gasteiger partial charge is 0.251 e. The number of amides is 1. The molecule has 4 aromatic rings. The summed E-state index contributed by atoms with van der Waals surface area (Å²) >= 11 is 1.65. The largest absolute Gasteiger partial charge is 0.348 e. The number of aryl methyl sites for hydroxylation is 1. The van der Waals surface area contributed by atoms with Crippen molar-refractivity contribution in [3.05, 3.63) is 101 Å². The fourth-order valence-corrected chi connectivity index (χ4v) is 3.81. The second kappa shape index (κ2) is 8.19. The average molecular weight is 385 g/mol. The van der Waals surface area contributed by atoms with Crippen LogP contribution in [-0.4, -0.2) is 10.9 Å². The maximum atomic E-state index is 12.6. The number of nitrogens with one attached hydrogen (secondary N) is 1. The number of hydrogen-bond donors (Lipinski definition) is 1. The van der Waals surface area contributed by atoms with Crippen molar-refractivity contribution in [1.82, 2.24) is 10.3 Å². The van der Waals surface area contributed by atoms with Crippen LogP contribution in [0.1, 0.15) is 21.5 Å². The van der Waals surface area contributed by atoms with E-state index in [1.807, 2.05) is 53.9 Å². The zero-order chi connectivity index (χ0) is 19.3. The zero-order valence-corrected chi connectivity index (χ0v) is 16.4. The highest BCUT2D eigenvalue weighted by molar-refractivity contribution is 7.13. The van der Waals surface area contributed by atoms with Gasteiger partial charge in [-0.1, -0.05) is 54.1 Å². The molecule has 0 atom stereocenters. The Hall–Kier alpha value is -3.24. The third-order valence-electron chi connectivity index (χ3n) is 4.62. The van der Waals surface area contributed by atoms with E-state index in [1.165, 1.54) is 5.56 Å². The summed E-state index contributed by atoms with van der Waals surface area (Å²) in [6.45, 7) is 2.52. The molecule has 0 unspecified atom stereocenters. The molecular weight excluding hydrogens is 364 g/mol. The fourth-order valence-electron chi connectivity index (χ4n) is 3.05. The zero-order valence-electron chi connectivity index (χ0n) is 15.6. The number of rotatable bonds is 5. The summed E-state index contributed by atoms with van der Waals surface area (Å²) in [6, 6.07) is 24.0. The molecule has 2 heterocycles. The predicted octanol–water partition coefficient (Wildman–Crippen LogP) is 5.72. The van der Waals surface area contributed by atoms with Crippen LogP contribution in [0.25, 0.3) is 21.7 Å². The van der Waals surface area contributed by atoms with Gasteiger partial charge in [-0.2, -0.15) is 0 Å². The van der Waals surface area contributed by atoms with E-state index in [4.69, 9.17) is 0 Å². The molecule has 0 saturated carbocycles. The molecule has 4 rings (SSSR count). The Bertz CT molecular complexity index is 1070. The molecule has 0 aliphatic rings. The average Bonchev–Trinajstić information content (AvgIpc) is 3.28. The molecule has 1 N–H and O–H groups in total. The first-order valence-electron chi connectivity index (χ1n) is 9.14. The summed E-state index contributed by atoms with van der Waals surface area (Å²) in [4.78, 5) is 18.2.